The maximum absolute atomic E-state index is 12.0. The largest absolute Gasteiger partial charge is 0.357 e. The van der Waals surface area contributed by atoms with Gasteiger partial charge in [-0.25, -0.2) is 0 Å². The van der Waals surface area contributed by atoms with E-state index in [0.717, 1.165) is 32.0 Å². The van der Waals surface area contributed by atoms with Crippen molar-refractivity contribution < 1.29 is 4.79 Å². The Hall–Kier alpha value is -2.15. The van der Waals surface area contributed by atoms with E-state index in [2.05, 4.69) is 44.7 Å². The summed E-state index contributed by atoms with van der Waals surface area (Å²) in [6, 6.07) is 4.22. The lowest BCUT2D eigenvalue weighted by atomic mass is 10.0. The Bertz CT molecular complexity index is 577. The van der Waals surface area contributed by atoms with Gasteiger partial charge in [-0.05, 0) is 51.8 Å². The first kappa shape index (κ1) is 21.2. The third kappa shape index (κ3) is 7.95. The van der Waals surface area contributed by atoms with Crippen molar-refractivity contribution in [3.05, 3.63) is 30.1 Å². The second-order valence-corrected chi connectivity index (χ2v) is 6.92. The fraction of sp³-hybridized carbons (Fsp3) is 0.650. The normalized spacial score (nSPS) is 18.1. The van der Waals surface area contributed by atoms with Crippen molar-refractivity contribution >= 4 is 11.9 Å². The molecule has 1 aliphatic heterocycles. The van der Waals surface area contributed by atoms with Crippen LogP contribution in [-0.4, -0.2) is 67.1 Å². The van der Waals surface area contributed by atoms with Gasteiger partial charge in [0.1, 0.15) is 0 Å². The van der Waals surface area contributed by atoms with Crippen LogP contribution in [0.5, 0.6) is 0 Å². The summed E-state index contributed by atoms with van der Waals surface area (Å²) in [6.07, 6.45) is 8.29. The molecule has 2 rings (SSSR count). The molecule has 1 atom stereocenters. The summed E-state index contributed by atoms with van der Waals surface area (Å²) in [4.78, 5) is 23.2. The smallest absolute Gasteiger partial charge is 0.252 e. The van der Waals surface area contributed by atoms with Crippen LogP contribution >= 0.6 is 0 Å². The molecular formula is C20H34N6O. The molecule has 0 saturated carbocycles. The molecule has 0 radical (unpaired) electrons. The average molecular weight is 375 g/mol. The van der Waals surface area contributed by atoms with Gasteiger partial charge in [0.05, 0.1) is 5.56 Å². The van der Waals surface area contributed by atoms with Crippen molar-refractivity contribution in [3.63, 3.8) is 0 Å². The molecule has 0 aromatic carbocycles. The van der Waals surface area contributed by atoms with Crippen LogP contribution < -0.4 is 16.0 Å². The van der Waals surface area contributed by atoms with Gasteiger partial charge in [0.2, 0.25) is 0 Å². The van der Waals surface area contributed by atoms with Crippen LogP contribution in [0.1, 0.15) is 49.9 Å². The van der Waals surface area contributed by atoms with Crippen molar-refractivity contribution in [2.75, 3.05) is 39.3 Å². The van der Waals surface area contributed by atoms with Gasteiger partial charge in [0, 0.05) is 51.2 Å². The van der Waals surface area contributed by atoms with E-state index in [0.29, 0.717) is 24.7 Å². The number of piperidine rings is 1. The molecule has 3 N–H and O–H groups in total. The van der Waals surface area contributed by atoms with Gasteiger partial charge in [-0.2, -0.15) is 0 Å². The number of nitrogens with zero attached hydrogens (tertiary/aromatic N) is 3. The van der Waals surface area contributed by atoms with Crippen LogP contribution in [-0.2, 0) is 0 Å². The molecule has 1 aromatic rings. The van der Waals surface area contributed by atoms with E-state index >= 15 is 0 Å². The van der Waals surface area contributed by atoms with Gasteiger partial charge in [-0.1, -0.05) is 6.42 Å². The number of rotatable bonds is 9. The van der Waals surface area contributed by atoms with Crippen molar-refractivity contribution in [1.82, 2.24) is 25.8 Å². The van der Waals surface area contributed by atoms with Crippen LogP contribution in [0, 0.1) is 0 Å². The number of aliphatic imine (C=N–C) groups is 1. The van der Waals surface area contributed by atoms with Crippen LogP contribution in [0.15, 0.2) is 29.5 Å². The SMILES string of the molecule is CCNC(=NCCCN1CCCCC1C)NCCNC(=O)c1cccnc1. The molecule has 27 heavy (non-hydrogen) atoms. The van der Waals surface area contributed by atoms with Gasteiger partial charge in [-0.15, -0.1) is 0 Å². The summed E-state index contributed by atoms with van der Waals surface area (Å²) in [7, 11) is 0. The maximum Gasteiger partial charge on any atom is 0.252 e. The minimum Gasteiger partial charge on any atom is -0.357 e. The fourth-order valence-electron chi connectivity index (χ4n) is 3.25. The average Bonchev–Trinajstić information content (AvgIpc) is 2.70. The number of hydrogen-bond acceptors (Lipinski definition) is 4. The van der Waals surface area contributed by atoms with E-state index in [1.807, 2.05) is 0 Å². The number of likely N-dealkylation sites (tertiary alicyclic amines) is 1. The minimum absolute atomic E-state index is 0.109. The quantitative estimate of drug-likeness (QED) is 0.348. The highest BCUT2D eigenvalue weighted by Crippen LogP contribution is 2.16. The predicted octanol–water partition coefficient (Wildman–Crippen LogP) is 1.63. The molecule has 0 bridgehead atoms. The summed E-state index contributed by atoms with van der Waals surface area (Å²) < 4.78 is 0. The second-order valence-electron chi connectivity index (χ2n) is 6.92. The van der Waals surface area contributed by atoms with Gasteiger partial charge in [-0.3, -0.25) is 14.8 Å². The zero-order valence-electron chi connectivity index (χ0n) is 16.7. The summed E-state index contributed by atoms with van der Waals surface area (Å²) in [5.41, 5.74) is 0.574. The Kier molecular flexibility index (Phi) is 9.62. The molecule has 0 spiro atoms. The lowest BCUT2D eigenvalue weighted by molar-refractivity contribution is 0.0954. The van der Waals surface area contributed by atoms with Crippen LogP contribution in [0.3, 0.4) is 0 Å². The van der Waals surface area contributed by atoms with E-state index in [4.69, 9.17) is 0 Å². The number of guanidine groups is 1. The molecule has 150 valence electrons. The maximum atomic E-state index is 12.0. The lowest BCUT2D eigenvalue weighted by Crippen LogP contribution is -2.42. The van der Waals surface area contributed by atoms with Crippen molar-refractivity contribution in [2.45, 2.75) is 45.6 Å². The van der Waals surface area contributed by atoms with Gasteiger partial charge >= 0.3 is 0 Å². The highest BCUT2D eigenvalue weighted by atomic mass is 16.1. The molecule has 1 aromatic heterocycles. The first-order valence-corrected chi connectivity index (χ1v) is 10.1. The molecule has 0 aliphatic carbocycles. The summed E-state index contributed by atoms with van der Waals surface area (Å²) >= 11 is 0. The summed E-state index contributed by atoms with van der Waals surface area (Å²) in [5, 5.41) is 9.40. The number of aromatic nitrogens is 1. The third-order valence-corrected chi connectivity index (χ3v) is 4.78. The molecule has 1 aliphatic rings. The topological polar surface area (TPSA) is 81.7 Å². The highest BCUT2D eigenvalue weighted by molar-refractivity contribution is 5.93. The Morgan fingerprint density at radius 2 is 2.15 bits per heavy atom. The van der Waals surface area contributed by atoms with E-state index < -0.39 is 0 Å². The summed E-state index contributed by atoms with van der Waals surface area (Å²) in [5.74, 6) is 0.697. The van der Waals surface area contributed by atoms with Gasteiger partial charge in [0.25, 0.3) is 5.91 Å². The Balaban J connectivity index is 1.64. The molecule has 1 saturated heterocycles. The second kappa shape index (κ2) is 12.3. The molecule has 7 nitrogen and oxygen atoms in total. The number of nitrogens with one attached hydrogen (secondary N) is 3. The molecule has 1 unspecified atom stereocenters. The molecule has 2 heterocycles. The van der Waals surface area contributed by atoms with Crippen LogP contribution in [0.4, 0.5) is 0 Å². The first-order chi connectivity index (χ1) is 13.2. The standard InChI is InChI=1S/C20H34N6O/c1-3-22-20(24-11-7-15-26-14-5-4-8-17(26)2)25-13-12-23-19(27)18-9-6-10-21-16-18/h6,9-10,16-17H,3-5,7-8,11-15H2,1-2H3,(H,23,27)(H2,22,24,25). The Morgan fingerprint density at radius 3 is 2.89 bits per heavy atom. The molecular weight excluding hydrogens is 340 g/mol. The molecule has 1 amide bonds. The summed E-state index contributed by atoms with van der Waals surface area (Å²) in [6.45, 7) is 9.50. The Morgan fingerprint density at radius 1 is 1.30 bits per heavy atom. The van der Waals surface area contributed by atoms with E-state index in [1.165, 1.54) is 25.8 Å². The van der Waals surface area contributed by atoms with E-state index in [-0.39, 0.29) is 5.91 Å². The zero-order chi connectivity index (χ0) is 19.3. The monoisotopic (exact) mass is 374 g/mol. The Labute approximate surface area is 163 Å². The predicted molar refractivity (Wildman–Crippen MR) is 110 cm³/mol. The van der Waals surface area contributed by atoms with Crippen LogP contribution in [0.2, 0.25) is 0 Å². The number of carbonyl (C=O) groups is 1. The van der Waals surface area contributed by atoms with Crippen molar-refractivity contribution in [3.8, 4) is 0 Å². The fourth-order valence-corrected chi connectivity index (χ4v) is 3.25. The number of amides is 1. The lowest BCUT2D eigenvalue weighted by Gasteiger charge is -2.33. The molecule has 7 heteroatoms. The number of hydrogen-bond donors (Lipinski definition) is 3. The minimum atomic E-state index is -0.109. The number of pyridine rings is 1. The van der Waals surface area contributed by atoms with E-state index in [1.54, 1.807) is 24.5 Å². The van der Waals surface area contributed by atoms with Crippen LogP contribution in [0.25, 0.3) is 0 Å². The van der Waals surface area contributed by atoms with Gasteiger partial charge < -0.3 is 20.9 Å². The van der Waals surface area contributed by atoms with Crippen molar-refractivity contribution in [2.24, 2.45) is 4.99 Å². The first-order valence-electron chi connectivity index (χ1n) is 10.1. The van der Waals surface area contributed by atoms with E-state index in [9.17, 15) is 4.79 Å². The van der Waals surface area contributed by atoms with Crippen molar-refractivity contribution in [1.29, 1.82) is 0 Å². The number of carbonyl (C=O) groups excluding carboxylic acids is 1. The molecule has 1 fully saturated rings. The highest BCUT2D eigenvalue weighted by Gasteiger charge is 2.16. The zero-order valence-corrected chi connectivity index (χ0v) is 16.7. The van der Waals surface area contributed by atoms with Gasteiger partial charge in [0.15, 0.2) is 5.96 Å². The third-order valence-electron chi connectivity index (χ3n) is 4.78.